The maximum atomic E-state index is 13.6. The molecule has 0 radical (unpaired) electrons. The van der Waals surface area contributed by atoms with Gasteiger partial charge in [-0.15, -0.1) is 0 Å². The highest BCUT2D eigenvalue weighted by atomic mass is 19.1. The van der Waals surface area contributed by atoms with E-state index in [4.69, 9.17) is 4.74 Å². The van der Waals surface area contributed by atoms with Gasteiger partial charge in [0.2, 0.25) is 5.95 Å². The van der Waals surface area contributed by atoms with E-state index in [2.05, 4.69) is 9.97 Å². The van der Waals surface area contributed by atoms with Gasteiger partial charge in [0.15, 0.2) is 5.78 Å². The minimum Gasteiger partial charge on any atom is -0.450 e. The number of benzene rings is 1. The van der Waals surface area contributed by atoms with Gasteiger partial charge in [-0.1, -0.05) is 0 Å². The Labute approximate surface area is 172 Å². The Morgan fingerprint density at radius 3 is 2.50 bits per heavy atom. The monoisotopic (exact) mass is 416 g/mol. The first-order valence-electron chi connectivity index (χ1n) is 9.96. The molecule has 0 spiro atoms. The van der Waals surface area contributed by atoms with Crippen LogP contribution < -0.4 is 4.90 Å². The van der Waals surface area contributed by atoms with Gasteiger partial charge < -0.3 is 14.5 Å². The summed E-state index contributed by atoms with van der Waals surface area (Å²) in [6.07, 6.45) is 1.76. The average molecular weight is 416 g/mol. The van der Waals surface area contributed by atoms with Crippen LogP contribution in [-0.2, 0) is 11.2 Å². The highest BCUT2D eigenvalue weighted by Gasteiger charge is 2.30. The molecular formula is C21H22F2N4O3. The molecule has 1 aromatic heterocycles. The van der Waals surface area contributed by atoms with E-state index in [9.17, 15) is 18.4 Å². The fourth-order valence-electron chi connectivity index (χ4n) is 3.94. The number of Topliss-reactive ketones (excluding diaryl/α,β-unsaturated/α-hetero) is 1. The van der Waals surface area contributed by atoms with E-state index in [-0.39, 0.29) is 24.2 Å². The summed E-state index contributed by atoms with van der Waals surface area (Å²) in [7, 11) is 0. The number of nitrogens with zero attached hydrogens (tertiary/aromatic N) is 4. The molecule has 1 atom stereocenters. The van der Waals surface area contributed by atoms with Gasteiger partial charge in [0, 0.05) is 44.9 Å². The molecule has 9 heteroatoms. The van der Waals surface area contributed by atoms with Crippen LogP contribution >= 0.6 is 0 Å². The maximum absolute atomic E-state index is 13.6. The molecule has 1 fully saturated rings. The molecule has 1 saturated heterocycles. The van der Waals surface area contributed by atoms with Gasteiger partial charge in [-0.2, -0.15) is 0 Å². The van der Waals surface area contributed by atoms with Crippen LogP contribution in [0.4, 0.5) is 19.5 Å². The van der Waals surface area contributed by atoms with Crippen molar-refractivity contribution < 1.29 is 23.1 Å². The lowest BCUT2D eigenvalue weighted by Gasteiger charge is -2.34. The number of fused-ring (bicyclic) bond motifs is 1. The number of piperazine rings is 1. The first-order chi connectivity index (χ1) is 14.4. The normalized spacial score (nSPS) is 18.9. The van der Waals surface area contributed by atoms with Gasteiger partial charge >= 0.3 is 6.09 Å². The van der Waals surface area contributed by atoms with E-state index < -0.39 is 11.6 Å². The Morgan fingerprint density at radius 2 is 1.83 bits per heavy atom. The zero-order chi connectivity index (χ0) is 21.3. The van der Waals surface area contributed by atoms with Crippen LogP contribution in [0, 0.1) is 11.6 Å². The average Bonchev–Trinajstić information content (AvgIpc) is 2.73. The number of carbonyl (C=O) groups excluding carboxylic acids is 2. The standard InChI is InChI=1S/C21H22F2N4O3/c1-2-30-21(29)27-5-3-26(4-6-27)20-24-12-17-18(25-20)9-14(10-19(17)28)13-7-15(22)11-16(23)8-13/h7-8,11-12,14H,2-6,9-10H2,1H3. The third-order valence-electron chi connectivity index (χ3n) is 5.47. The van der Waals surface area contributed by atoms with Gasteiger partial charge in [-0.05, 0) is 37.0 Å². The lowest BCUT2D eigenvalue weighted by atomic mass is 9.82. The minimum atomic E-state index is -0.661. The predicted molar refractivity (Wildman–Crippen MR) is 105 cm³/mol. The third-order valence-corrected chi connectivity index (χ3v) is 5.47. The predicted octanol–water partition coefficient (Wildman–Crippen LogP) is 2.95. The van der Waals surface area contributed by atoms with Gasteiger partial charge in [0.05, 0.1) is 17.9 Å². The number of ketones is 1. The molecule has 30 heavy (non-hydrogen) atoms. The number of amides is 1. The molecule has 0 N–H and O–H groups in total. The molecule has 2 heterocycles. The Morgan fingerprint density at radius 1 is 1.13 bits per heavy atom. The first kappa shape index (κ1) is 20.2. The number of halogens is 2. The summed E-state index contributed by atoms with van der Waals surface area (Å²) in [6, 6.07) is 3.35. The van der Waals surface area contributed by atoms with Crippen LogP contribution in [-0.4, -0.2) is 59.5 Å². The molecule has 1 aromatic carbocycles. The van der Waals surface area contributed by atoms with Gasteiger partial charge in [0.25, 0.3) is 0 Å². The molecule has 1 unspecified atom stereocenters. The zero-order valence-corrected chi connectivity index (χ0v) is 16.6. The van der Waals surface area contributed by atoms with Crippen LogP contribution in [0.1, 0.15) is 40.9 Å². The Bertz CT molecular complexity index is 956. The number of aromatic nitrogens is 2. The number of ether oxygens (including phenoxy) is 1. The molecule has 1 amide bonds. The molecule has 1 aliphatic heterocycles. The van der Waals surface area contributed by atoms with Crippen molar-refractivity contribution in [2.75, 3.05) is 37.7 Å². The second-order valence-electron chi connectivity index (χ2n) is 7.43. The summed E-state index contributed by atoms with van der Waals surface area (Å²) in [5, 5.41) is 0. The minimum absolute atomic E-state index is 0.135. The Kier molecular flexibility index (Phi) is 5.61. The van der Waals surface area contributed by atoms with E-state index in [0.717, 1.165) is 6.07 Å². The van der Waals surface area contributed by atoms with Crippen LogP contribution in [0.25, 0.3) is 0 Å². The lowest BCUT2D eigenvalue weighted by molar-refractivity contribution is 0.0961. The summed E-state index contributed by atoms with van der Waals surface area (Å²) in [5.41, 5.74) is 1.49. The fourth-order valence-corrected chi connectivity index (χ4v) is 3.94. The lowest BCUT2D eigenvalue weighted by Crippen LogP contribution is -2.49. The molecule has 2 aliphatic rings. The summed E-state index contributed by atoms with van der Waals surface area (Å²) in [6.45, 7) is 4.17. The van der Waals surface area contributed by atoms with E-state index >= 15 is 0 Å². The molecule has 158 valence electrons. The maximum Gasteiger partial charge on any atom is 0.409 e. The molecular weight excluding hydrogens is 394 g/mol. The van der Waals surface area contributed by atoms with Gasteiger partial charge in [-0.25, -0.2) is 23.5 Å². The highest BCUT2D eigenvalue weighted by Crippen LogP contribution is 2.33. The molecule has 2 aromatic rings. The summed E-state index contributed by atoms with van der Waals surface area (Å²) in [5.74, 6) is -1.31. The Hall–Kier alpha value is -3.10. The van der Waals surface area contributed by atoms with E-state index in [0.29, 0.717) is 62.0 Å². The number of anilines is 1. The van der Waals surface area contributed by atoms with Crippen molar-refractivity contribution in [3.8, 4) is 0 Å². The molecule has 7 nitrogen and oxygen atoms in total. The SMILES string of the molecule is CCOC(=O)N1CCN(c2ncc3c(n2)CC(c2cc(F)cc(F)c2)CC3=O)CC1. The molecule has 1 aliphatic carbocycles. The quantitative estimate of drug-likeness (QED) is 0.766. The largest absolute Gasteiger partial charge is 0.450 e. The third kappa shape index (κ3) is 4.10. The highest BCUT2D eigenvalue weighted by molar-refractivity contribution is 5.98. The van der Waals surface area contributed by atoms with E-state index in [1.54, 1.807) is 11.8 Å². The van der Waals surface area contributed by atoms with Crippen molar-refractivity contribution in [2.24, 2.45) is 0 Å². The second-order valence-corrected chi connectivity index (χ2v) is 7.43. The Balaban J connectivity index is 1.51. The van der Waals surface area contributed by atoms with E-state index in [1.807, 2.05) is 4.90 Å². The number of rotatable bonds is 3. The first-order valence-corrected chi connectivity index (χ1v) is 9.96. The molecule has 0 saturated carbocycles. The topological polar surface area (TPSA) is 75.6 Å². The number of carbonyl (C=O) groups is 2. The summed E-state index contributed by atoms with van der Waals surface area (Å²) >= 11 is 0. The number of hydrogen-bond donors (Lipinski definition) is 0. The van der Waals surface area contributed by atoms with Crippen molar-refractivity contribution in [1.82, 2.24) is 14.9 Å². The van der Waals surface area contributed by atoms with Crippen molar-refractivity contribution in [3.05, 3.63) is 52.9 Å². The number of hydrogen-bond acceptors (Lipinski definition) is 6. The smallest absolute Gasteiger partial charge is 0.409 e. The van der Waals surface area contributed by atoms with Crippen molar-refractivity contribution in [2.45, 2.75) is 25.7 Å². The van der Waals surface area contributed by atoms with Crippen molar-refractivity contribution in [3.63, 3.8) is 0 Å². The molecule has 4 rings (SSSR count). The molecule has 0 bridgehead atoms. The van der Waals surface area contributed by atoms with E-state index in [1.165, 1.54) is 18.3 Å². The van der Waals surface area contributed by atoms with Crippen LogP contribution in [0.5, 0.6) is 0 Å². The summed E-state index contributed by atoms with van der Waals surface area (Å²) in [4.78, 5) is 36.9. The fraction of sp³-hybridized carbons (Fsp3) is 0.429. The van der Waals surface area contributed by atoms with Gasteiger partial charge in [0.1, 0.15) is 11.6 Å². The van der Waals surface area contributed by atoms with Gasteiger partial charge in [-0.3, -0.25) is 4.79 Å². The van der Waals surface area contributed by atoms with Crippen LogP contribution in [0.2, 0.25) is 0 Å². The zero-order valence-electron chi connectivity index (χ0n) is 16.6. The van der Waals surface area contributed by atoms with Crippen molar-refractivity contribution >= 4 is 17.8 Å². The van der Waals surface area contributed by atoms with Crippen LogP contribution in [0.3, 0.4) is 0 Å². The second kappa shape index (κ2) is 8.33. The van der Waals surface area contributed by atoms with Crippen molar-refractivity contribution in [1.29, 1.82) is 0 Å². The summed E-state index contributed by atoms with van der Waals surface area (Å²) < 4.78 is 32.3. The van der Waals surface area contributed by atoms with Crippen LogP contribution in [0.15, 0.2) is 24.4 Å².